The molecule has 0 atom stereocenters. The fourth-order valence-electron chi connectivity index (χ4n) is 4.05. The van der Waals surface area contributed by atoms with Crippen LogP contribution in [0, 0.1) is 0 Å². The number of sulfonamides is 1. The molecule has 0 radical (unpaired) electrons. The summed E-state index contributed by atoms with van der Waals surface area (Å²) in [5, 5.41) is 8.79. The molecule has 1 aromatic heterocycles. The van der Waals surface area contributed by atoms with Gasteiger partial charge in [-0.15, -0.1) is 10.2 Å². The van der Waals surface area contributed by atoms with Gasteiger partial charge in [0, 0.05) is 44.8 Å². The molecule has 2 aliphatic rings. The molecule has 4 rings (SSSR count). The molecule has 2 saturated heterocycles. The van der Waals surface area contributed by atoms with Crippen molar-refractivity contribution in [3.63, 3.8) is 0 Å². The average molecular weight is 432 g/mol. The van der Waals surface area contributed by atoms with Crippen LogP contribution < -0.4 is 9.64 Å². The molecular weight excluding hydrogens is 402 g/mol. The Kier molecular flexibility index (Phi) is 6.21. The Morgan fingerprint density at radius 3 is 2.30 bits per heavy atom. The van der Waals surface area contributed by atoms with Crippen LogP contribution in [-0.4, -0.2) is 80.7 Å². The number of rotatable bonds is 6. The van der Waals surface area contributed by atoms with Gasteiger partial charge in [-0.25, -0.2) is 8.42 Å². The molecule has 0 N–H and O–H groups in total. The maximum atomic E-state index is 13.1. The number of anilines is 1. The van der Waals surface area contributed by atoms with Crippen LogP contribution in [0.5, 0.6) is 5.75 Å². The highest BCUT2D eigenvalue weighted by Crippen LogP contribution is 2.32. The van der Waals surface area contributed by atoms with Gasteiger partial charge in [-0.3, -0.25) is 0 Å². The Hall–Kier alpha value is -2.23. The van der Waals surface area contributed by atoms with Crippen molar-refractivity contribution in [1.29, 1.82) is 0 Å². The van der Waals surface area contributed by atoms with E-state index in [1.165, 1.54) is 11.4 Å². The maximum absolute atomic E-state index is 13.1. The van der Waals surface area contributed by atoms with Crippen molar-refractivity contribution in [2.75, 3.05) is 57.8 Å². The Morgan fingerprint density at radius 2 is 1.70 bits per heavy atom. The zero-order valence-corrected chi connectivity index (χ0v) is 18.4. The summed E-state index contributed by atoms with van der Waals surface area (Å²) in [5.74, 6) is 1.21. The molecule has 0 aliphatic carbocycles. The summed E-state index contributed by atoms with van der Waals surface area (Å²) in [6.45, 7) is 8.26. The van der Waals surface area contributed by atoms with E-state index in [0.29, 0.717) is 30.1 Å². The SMILES string of the molecule is CCN1CCN(c2ccc(-c3ccc(OC)c(S(=O)(=O)N4CCCC4)c3)nn2)CC1. The fraction of sp³-hybridized carbons (Fsp3) is 0.524. The Labute approximate surface area is 178 Å². The number of nitrogens with zero attached hydrogens (tertiary/aromatic N) is 5. The quantitative estimate of drug-likeness (QED) is 0.693. The molecule has 2 aromatic rings. The normalized spacial score (nSPS) is 18.7. The van der Waals surface area contributed by atoms with Crippen LogP contribution in [0.2, 0.25) is 0 Å². The number of hydrogen-bond acceptors (Lipinski definition) is 7. The van der Waals surface area contributed by atoms with Gasteiger partial charge in [0.2, 0.25) is 10.0 Å². The van der Waals surface area contributed by atoms with E-state index in [0.717, 1.165) is 51.4 Å². The third-order valence-corrected chi connectivity index (χ3v) is 7.86. The molecule has 0 amide bonds. The molecule has 9 heteroatoms. The fourth-order valence-corrected chi connectivity index (χ4v) is 5.74. The number of methoxy groups -OCH3 is 1. The highest BCUT2D eigenvalue weighted by molar-refractivity contribution is 7.89. The van der Waals surface area contributed by atoms with E-state index in [1.54, 1.807) is 12.1 Å². The van der Waals surface area contributed by atoms with Gasteiger partial charge in [-0.1, -0.05) is 6.92 Å². The molecule has 3 heterocycles. The van der Waals surface area contributed by atoms with Crippen LogP contribution in [0.3, 0.4) is 0 Å². The summed E-state index contributed by atoms with van der Waals surface area (Å²) in [6, 6.07) is 9.03. The van der Waals surface area contributed by atoms with Gasteiger partial charge in [0.1, 0.15) is 10.6 Å². The third kappa shape index (κ3) is 4.14. The van der Waals surface area contributed by atoms with Crippen molar-refractivity contribution in [2.45, 2.75) is 24.7 Å². The molecule has 2 fully saturated rings. The first kappa shape index (κ1) is 21.0. The molecule has 30 heavy (non-hydrogen) atoms. The number of piperazine rings is 1. The van der Waals surface area contributed by atoms with Gasteiger partial charge < -0.3 is 14.5 Å². The van der Waals surface area contributed by atoms with Crippen LogP contribution in [0.1, 0.15) is 19.8 Å². The summed E-state index contributed by atoms with van der Waals surface area (Å²) in [7, 11) is -2.11. The Balaban J connectivity index is 1.58. The largest absolute Gasteiger partial charge is 0.495 e. The van der Waals surface area contributed by atoms with Gasteiger partial charge in [0.15, 0.2) is 5.82 Å². The molecule has 2 aliphatic heterocycles. The van der Waals surface area contributed by atoms with Crippen molar-refractivity contribution >= 4 is 15.8 Å². The van der Waals surface area contributed by atoms with Crippen LogP contribution in [0.15, 0.2) is 35.2 Å². The smallest absolute Gasteiger partial charge is 0.246 e. The second-order valence-corrected chi connectivity index (χ2v) is 9.58. The monoisotopic (exact) mass is 431 g/mol. The van der Waals surface area contributed by atoms with E-state index in [9.17, 15) is 8.42 Å². The van der Waals surface area contributed by atoms with Gasteiger partial charge >= 0.3 is 0 Å². The number of benzene rings is 1. The molecule has 1 aromatic carbocycles. The van der Waals surface area contributed by atoms with Crippen molar-refractivity contribution in [3.05, 3.63) is 30.3 Å². The van der Waals surface area contributed by atoms with Gasteiger partial charge in [-0.2, -0.15) is 4.31 Å². The van der Waals surface area contributed by atoms with Crippen molar-refractivity contribution in [2.24, 2.45) is 0 Å². The highest BCUT2D eigenvalue weighted by atomic mass is 32.2. The van der Waals surface area contributed by atoms with E-state index in [4.69, 9.17) is 4.74 Å². The molecule has 162 valence electrons. The Bertz CT molecular complexity index is 967. The van der Waals surface area contributed by atoms with Crippen LogP contribution >= 0.6 is 0 Å². The van der Waals surface area contributed by atoms with E-state index in [-0.39, 0.29) is 4.90 Å². The first-order chi connectivity index (χ1) is 14.5. The minimum absolute atomic E-state index is 0.186. The van der Waals surface area contributed by atoms with Gasteiger partial charge in [0.05, 0.1) is 12.8 Å². The van der Waals surface area contributed by atoms with Crippen LogP contribution in [0.4, 0.5) is 5.82 Å². The predicted octanol–water partition coefficient (Wildman–Crippen LogP) is 2.08. The maximum Gasteiger partial charge on any atom is 0.246 e. The van der Waals surface area contributed by atoms with Crippen molar-refractivity contribution in [3.8, 4) is 17.0 Å². The second kappa shape index (κ2) is 8.87. The lowest BCUT2D eigenvalue weighted by atomic mass is 10.1. The first-order valence-electron chi connectivity index (χ1n) is 10.5. The third-order valence-electron chi connectivity index (χ3n) is 5.94. The van der Waals surface area contributed by atoms with Gasteiger partial charge in [-0.05, 0) is 49.7 Å². The summed E-state index contributed by atoms with van der Waals surface area (Å²) < 4.78 is 33.1. The Morgan fingerprint density at radius 1 is 0.967 bits per heavy atom. The lowest BCUT2D eigenvalue weighted by molar-refractivity contribution is 0.270. The molecule has 0 saturated carbocycles. The lowest BCUT2D eigenvalue weighted by Gasteiger charge is -2.34. The minimum atomic E-state index is -3.60. The minimum Gasteiger partial charge on any atom is -0.495 e. The summed E-state index contributed by atoms with van der Waals surface area (Å²) >= 11 is 0. The molecule has 0 bridgehead atoms. The van der Waals surface area contributed by atoms with Crippen molar-refractivity contribution in [1.82, 2.24) is 19.4 Å². The molecule has 0 unspecified atom stereocenters. The topological polar surface area (TPSA) is 78.9 Å². The number of hydrogen-bond donors (Lipinski definition) is 0. The summed E-state index contributed by atoms with van der Waals surface area (Å²) in [4.78, 5) is 4.84. The average Bonchev–Trinajstić information content (AvgIpc) is 3.35. The highest BCUT2D eigenvalue weighted by Gasteiger charge is 2.30. The second-order valence-electron chi connectivity index (χ2n) is 7.67. The first-order valence-corrected chi connectivity index (χ1v) is 12.0. The lowest BCUT2D eigenvalue weighted by Crippen LogP contribution is -2.46. The van der Waals surface area contributed by atoms with Crippen LogP contribution in [0.25, 0.3) is 11.3 Å². The number of likely N-dealkylation sites (N-methyl/N-ethyl adjacent to an activating group) is 1. The summed E-state index contributed by atoms with van der Waals surface area (Å²) in [5.41, 5.74) is 1.36. The predicted molar refractivity (Wildman–Crippen MR) is 116 cm³/mol. The van der Waals surface area contributed by atoms with Crippen molar-refractivity contribution < 1.29 is 13.2 Å². The van der Waals surface area contributed by atoms with E-state index in [2.05, 4.69) is 26.9 Å². The zero-order chi connectivity index (χ0) is 21.1. The molecule has 8 nitrogen and oxygen atoms in total. The van der Waals surface area contributed by atoms with E-state index < -0.39 is 10.0 Å². The van der Waals surface area contributed by atoms with Gasteiger partial charge in [0.25, 0.3) is 0 Å². The summed E-state index contributed by atoms with van der Waals surface area (Å²) in [6.07, 6.45) is 1.78. The van der Waals surface area contributed by atoms with E-state index in [1.807, 2.05) is 18.2 Å². The van der Waals surface area contributed by atoms with E-state index >= 15 is 0 Å². The molecule has 0 spiro atoms. The number of aromatic nitrogens is 2. The zero-order valence-electron chi connectivity index (χ0n) is 17.6. The standard InChI is InChI=1S/C21H29N5O3S/c1-3-24-12-14-25(15-13-24)21-9-7-18(22-23-21)17-6-8-19(29-2)20(16-17)30(27,28)26-10-4-5-11-26/h6-9,16H,3-5,10-15H2,1-2H3. The molecular formula is C21H29N5O3S. The number of ether oxygens (including phenoxy) is 1. The van der Waals surface area contributed by atoms with Crippen LogP contribution in [-0.2, 0) is 10.0 Å².